The molecule has 4 N–H and O–H groups in total. The van der Waals surface area contributed by atoms with E-state index in [4.69, 9.17) is 16.7 Å². The van der Waals surface area contributed by atoms with Crippen molar-refractivity contribution >= 4 is 23.4 Å². The molecule has 2 aromatic heterocycles. The number of rotatable bonds is 2. The molecule has 0 bridgehead atoms. The molecule has 0 aromatic carbocycles. The molecule has 0 saturated carbocycles. The summed E-state index contributed by atoms with van der Waals surface area (Å²) in [5, 5.41) is 9.17. The largest absolute Gasteiger partial charge is 0.383 e. The fourth-order valence-corrected chi connectivity index (χ4v) is 1.96. The maximum absolute atomic E-state index is 8.72. The molecular formula is C10H8N6S. The first-order valence-electron chi connectivity index (χ1n) is 4.61. The summed E-state index contributed by atoms with van der Waals surface area (Å²) in [5.74, 6) is 0.629. The predicted molar refractivity (Wildman–Crippen MR) is 63.9 cm³/mol. The van der Waals surface area contributed by atoms with Crippen LogP contribution in [0.15, 0.2) is 34.4 Å². The first-order valence-corrected chi connectivity index (χ1v) is 5.43. The second-order valence-electron chi connectivity index (χ2n) is 3.09. The first kappa shape index (κ1) is 11.2. The van der Waals surface area contributed by atoms with E-state index < -0.39 is 0 Å². The number of nitrogen functional groups attached to an aromatic ring is 2. The smallest absolute Gasteiger partial charge is 0.196 e. The van der Waals surface area contributed by atoms with Crippen molar-refractivity contribution in [2.24, 2.45) is 0 Å². The first-order chi connectivity index (χ1) is 8.17. The van der Waals surface area contributed by atoms with Gasteiger partial charge in [0.05, 0.1) is 0 Å². The van der Waals surface area contributed by atoms with Gasteiger partial charge in [-0.2, -0.15) is 5.26 Å². The maximum Gasteiger partial charge on any atom is 0.196 e. The average Bonchev–Trinajstić information content (AvgIpc) is 2.28. The molecule has 0 spiro atoms. The highest BCUT2D eigenvalue weighted by Gasteiger charge is 2.04. The van der Waals surface area contributed by atoms with E-state index in [1.165, 1.54) is 17.8 Å². The molecule has 0 aliphatic rings. The van der Waals surface area contributed by atoms with Gasteiger partial charge in [-0.05, 0) is 23.9 Å². The van der Waals surface area contributed by atoms with Gasteiger partial charge in [-0.3, -0.25) is 0 Å². The lowest BCUT2D eigenvalue weighted by atomic mass is 10.4. The summed E-state index contributed by atoms with van der Waals surface area (Å²) in [5.41, 5.74) is 11.5. The lowest BCUT2D eigenvalue weighted by Gasteiger charge is -2.02. The van der Waals surface area contributed by atoms with E-state index in [1.807, 2.05) is 6.07 Å². The van der Waals surface area contributed by atoms with E-state index in [0.29, 0.717) is 22.5 Å². The van der Waals surface area contributed by atoms with Crippen LogP contribution >= 0.6 is 11.8 Å². The summed E-state index contributed by atoms with van der Waals surface area (Å²) in [6.07, 6.45) is 1.55. The number of nitrogens with zero attached hydrogens (tertiary/aromatic N) is 4. The second kappa shape index (κ2) is 4.67. The van der Waals surface area contributed by atoms with Crippen molar-refractivity contribution in [3.05, 3.63) is 30.1 Å². The average molecular weight is 244 g/mol. The molecular weight excluding hydrogens is 236 g/mol. The van der Waals surface area contributed by atoms with Crippen molar-refractivity contribution in [2.75, 3.05) is 11.5 Å². The minimum atomic E-state index is 0.314. The van der Waals surface area contributed by atoms with E-state index in [0.717, 1.165) is 4.90 Å². The third-order valence-electron chi connectivity index (χ3n) is 1.80. The van der Waals surface area contributed by atoms with Crippen LogP contribution in [0.5, 0.6) is 0 Å². The summed E-state index contributed by atoms with van der Waals surface area (Å²) < 4.78 is 0. The van der Waals surface area contributed by atoms with E-state index in [-0.39, 0.29) is 0 Å². The lowest BCUT2D eigenvalue weighted by Crippen LogP contribution is -1.99. The van der Waals surface area contributed by atoms with Gasteiger partial charge in [-0.15, -0.1) is 0 Å². The van der Waals surface area contributed by atoms with Crippen molar-refractivity contribution in [3.63, 3.8) is 0 Å². The molecule has 17 heavy (non-hydrogen) atoms. The van der Waals surface area contributed by atoms with Gasteiger partial charge in [0.1, 0.15) is 23.4 Å². The Bertz CT molecular complexity index is 571. The molecule has 0 unspecified atom stereocenters. The maximum atomic E-state index is 8.72. The van der Waals surface area contributed by atoms with Gasteiger partial charge in [0.15, 0.2) is 5.16 Å². The standard InChI is InChI=1S/C10H8N6S/c11-5-6-3-7(1-2-14-6)17-10-15-8(12)4-9(13)16-10/h1-4H,(H4,12,13,15,16). The van der Waals surface area contributed by atoms with Crippen molar-refractivity contribution in [1.82, 2.24) is 15.0 Å². The minimum Gasteiger partial charge on any atom is -0.383 e. The topological polar surface area (TPSA) is 114 Å². The zero-order chi connectivity index (χ0) is 12.3. The van der Waals surface area contributed by atoms with Crippen LogP contribution < -0.4 is 11.5 Å². The summed E-state index contributed by atoms with van der Waals surface area (Å²) in [6.45, 7) is 0. The fourth-order valence-electron chi connectivity index (χ4n) is 1.15. The molecule has 7 heteroatoms. The van der Waals surface area contributed by atoms with Crippen LogP contribution in [0.3, 0.4) is 0 Å². The number of nitrogens with two attached hydrogens (primary N) is 2. The summed E-state index contributed by atoms with van der Waals surface area (Å²) in [4.78, 5) is 12.7. The van der Waals surface area contributed by atoms with Gasteiger partial charge in [-0.25, -0.2) is 15.0 Å². The third-order valence-corrected chi connectivity index (χ3v) is 2.66. The van der Waals surface area contributed by atoms with E-state index in [9.17, 15) is 0 Å². The Morgan fingerprint density at radius 3 is 2.53 bits per heavy atom. The second-order valence-corrected chi connectivity index (χ2v) is 4.13. The summed E-state index contributed by atoms with van der Waals surface area (Å²) in [7, 11) is 0. The van der Waals surface area contributed by atoms with Crippen LogP contribution in [0.4, 0.5) is 11.6 Å². The van der Waals surface area contributed by atoms with Crippen LogP contribution in [-0.4, -0.2) is 15.0 Å². The molecule has 6 nitrogen and oxygen atoms in total. The molecule has 2 heterocycles. The normalized spacial score (nSPS) is 9.82. The Hall–Kier alpha value is -2.33. The molecule has 0 amide bonds. The number of aromatic nitrogens is 3. The Morgan fingerprint density at radius 2 is 1.88 bits per heavy atom. The van der Waals surface area contributed by atoms with Gasteiger partial charge < -0.3 is 11.5 Å². The highest BCUT2D eigenvalue weighted by Crippen LogP contribution is 2.25. The molecule has 0 saturated heterocycles. The van der Waals surface area contributed by atoms with Gasteiger partial charge in [0, 0.05) is 17.2 Å². The Labute approximate surface area is 102 Å². The van der Waals surface area contributed by atoms with Gasteiger partial charge in [0.25, 0.3) is 0 Å². The number of anilines is 2. The highest BCUT2D eigenvalue weighted by molar-refractivity contribution is 7.99. The molecule has 0 aliphatic heterocycles. The number of hydrogen-bond acceptors (Lipinski definition) is 7. The number of nitriles is 1. The predicted octanol–water partition coefficient (Wildman–Crippen LogP) is 1.06. The summed E-state index contributed by atoms with van der Waals surface area (Å²) >= 11 is 1.27. The molecule has 0 radical (unpaired) electrons. The van der Waals surface area contributed by atoms with Crippen LogP contribution in [0.1, 0.15) is 5.69 Å². The van der Waals surface area contributed by atoms with Crippen molar-refractivity contribution in [3.8, 4) is 6.07 Å². The quantitative estimate of drug-likeness (QED) is 0.759. The molecule has 2 aromatic rings. The Morgan fingerprint density at radius 1 is 1.18 bits per heavy atom. The fraction of sp³-hybridized carbons (Fsp3) is 0. The molecule has 0 fully saturated rings. The zero-order valence-corrected chi connectivity index (χ0v) is 9.48. The zero-order valence-electron chi connectivity index (χ0n) is 8.66. The van der Waals surface area contributed by atoms with Crippen molar-refractivity contribution in [1.29, 1.82) is 5.26 Å². The minimum absolute atomic E-state index is 0.314. The molecule has 84 valence electrons. The van der Waals surface area contributed by atoms with E-state index in [2.05, 4.69) is 15.0 Å². The molecule has 0 atom stereocenters. The van der Waals surface area contributed by atoms with Crippen LogP contribution in [0, 0.1) is 11.3 Å². The van der Waals surface area contributed by atoms with E-state index in [1.54, 1.807) is 18.3 Å². The monoisotopic (exact) mass is 244 g/mol. The van der Waals surface area contributed by atoms with Crippen LogP contribution in [0.2, 0.25) is 0 Å². The Kier molecular flexibility index (Phi) is 3.07. The van der Waals surface area contributed by atoms with Crippen LogP contribution in [0.25, 0.3) is 0 Å². The van der Waals surface area contributed by atoms with Crippen molar-refractivity contribution < 1.29 is 0 Å². The molecule has 0 aliphatic carbocycles. The SMILES string of the molecule is N#Cc1cc(Sc2nc(N)cc(N)n2)ccn1. The lowest BCUT2D eigenvalue weighted by molar-refractivity contribution is 0.984. The number of hydrogen-bond donors (Lipinski definition) is 2. The third kappa shape index (κ3) is 2.83. The molecule has 2 rings (SSSR count). The summed E-state index contributed by atoms with van der Waals surface area (Å²) in [6, 6.07) is 6.85. The van der Waals surface area contributed by atoms with E-state index >= 15 is 0 Å². The Balaban J connectivity index is 2.28. The van der Waals surface area contributed by atoms with Crippen molar-refractivity contribution in [2.45, 2.75) is 10.1 Å². The van der Waals surface area contributed by atoms with Gasteiger partial charge in [-0.1, -0.05) is 0 Å². The van der Waals surface area contributed by atoms with Crippen LogP contribution in [-0.2, 0) is 0 Å². The highest BCUT2D eigenvalue weighted by atomic mass is 32.2. The number of pyridine rings is 1. The van der Waals surface area contributed by atoms with Gasteiger partial charge >= 0.3 is 0 Å². The van der Waals surface area contributed by atoms with Gasteiger partial charge in [0.2, 0.25) is 0 Å².